The Labute approximate surface area is 119 Å². The Hall–Kier alpha value is -2.10. The van der Waals surface area contributed by atoms with E-state index in [0.717, 1.165) is 12.0 Å². The molecule has 4 nitrogen and oxygen atoms in total. The quantitative estimate of drug-likeness (QED) is 0.853. The van der Waals surface area contributed by atoms with Gasteiger partial charge in [0.15, 0.2) is 0 Å². The summed E-state index contributed by atoms with van der Waals surface area (Å²) in [5.74, 6) is -0.133. The molecule has 1 aromatic rings. The number of nitrogens with one attached hydrogen (secondary N) is 1. The van der Waals surface area contributed by atoms with Gasteiger partial charge in [-0.25, -0.2) is 0 Å². The molecule has 4 heteroatoms. The minimum Gasteiger partial charge on any atom is -0.342 e. The van der Waals surface area contributed by atoms with Crippen LogP contribution in [0.4, 0.5) is 0 Å². The molecule has 1 fully saturated rings. The van der Waals surface area contributed by atoms with E-state index in [1.165, 1.54) is 0 Å². The molecule has 0 aliphatic carbocycles. The van der Waals surface area contributed by atoms with E-state index < -0.39 is 12.1 Å². The van der Waals surface area contributed by atoms with Crippen LogP contribution in [0.3, 0.4) is 0 Å². The fourth-order valence-electron chi connectivity index (χ4n) is 2.46. The molecule has 1 heterocycles. The highest BCUT2D eigenvalue weighted by molar-refractivity contribution is 5.97. The second-order valence-electron chi connectivity index (χ2n) is 4.93. The van der Waals surface area contributed by atoms with Gasteiger partial charge >= 0.3 is 0 Å². The van der Waals surface area contributed by atoms with Gasteiger partial charge in [-0.2, -0.15) is 0 Å². The van der Waals surface area contributed by atoms with Gasteiger partial charge in [0.25, 0.3) is 0 Å². The van der Waals surface area contributed by atoms with E-state index in [4.69, 9.17) is 0 Å². The molecule has 0 bridgehead atoms. The van der Waals surface area contributed by atoms with Crippen molar-refractivity contribution in [3.63, 3.8) is 0 Å². The van der Waals surface area contributed by atoms with Gasteiger partial charge in [-0.05, 0) is 25.8 Å². The summed E-state index contributed by atoms with van der Waals surface area (Å²) in [6.45, 7) is 4.23. The molecule has 2 atom stereocenters. The van der Waals surface area contributed by atoms with Crippen LogP contribution in [-0.2, 0) is 9.59 Å². The zero-order chi connectivity index (χ0) is 14.5. The van der Waals surface area contributed by atoms with Crippen molar-refractivity contribution in [3.8, 4) is 0 Å². The van der Waals surface area contributed by atoms with Crippen molar-refractivity contribution in [2.75, 3.05) is 6.54 Å². The van der Waals surface area contributed by atoms with Gasteiger partial charge in [0.05, 0.1) is 0 Å². The number of allylic oxidation sites excluding steroid dienone is 1. The number of hydrogen-bond donors (Lipinski definition) is 1. The largest absolute Gasteiger partial charge is 0.342 e. The maximum Gasteiger partial charge on any atom is 0.248 e. The third-order valence-electron chi connectivity index (χ3n) is 3.46. The Morgan fingerprint density at radius 2 is 1.95 bits per heavy atom. The maximum absolute atomic E-state index is 12.3. The summed E-state index contributed by atoms with van der Waals surface area (Å²) >= 11 is 0. The van der Waals surface area contributed by atoms with Crippen LogP contribution in [0.25, 0.3) is 0 Å². The first-order valence-electron chi connectivity index (χ1n) is 6.92. The number of rotatable bonds is 4. The minimum absolute atomic E-state index is 0.0250. The predicted octanol–water partition coefficient (Wildman–Crippen LogP) is 2.04. The third-order valence-corrected chi connectivity index (χ3v) is 3.46. The van der Waals surface area contributed by atoms with Crippen molar-refractivity contribution in [3.05, 3.63) is 48.0 Å². The first-order chi connectivity index (χ1) is 9.65. The summed E-state index contributed by atoms with van der Waals surface area (Å²) in [5.41, 5.74) is 0.853. The van der Waals surface area contributed by atoms with Crippen LogP contribution < -0.4 is 5.32 Å². The van der Waals surface area contributed by atoms with E-state index in [9.17, 15) is 9.59 Å². The molecule has 0 saturated carbocycles. The second kappa shape index (κ2) is 6.37. The number of piperazine rings is 1. The van der Waals surface area contributed by atoms with Crippen molar-refractivity contribution in [2.24, 2.45) is 0 Å². The van der Waals surface area contributed by atoms with Crippen LogP contribution in [0.1, 0.15) is 31.9 Å². The highest BCUT2D eigenvalue weighted by atomic mass is 16.2. The average Bonchev–Trinajstić information content (AvgIpc) is 2.45. The van der Waals surface area contributed by atoms with Gasteiger partial charge in [0, 0.05) is 6.54 Å². The summed E-state index contributed by atoms with van der Waals surface area (Å²) in [5, 5.41) is 2.75. The monoisotopic (exact) mass is 272 g/mol. The number of benzene rings is 1. The SMILES string of the molecule is C/C=C/CCN1C(=O)C(C)NC(=O)C1c1ccccc1. The number of nitrogens with zero attached hydrogens (tertiary/aromatic N) is 1. The maximum atomic E-state index is 12.3. The summed E-state index contributed by atoms with van der Waals surface area (Å²) in [7, 11) is 0. The van der Waals surface area contributed by atoms with Crippen LogP contribution in [0.5, 0.6) is 0 Å². The van der Waals surface area contributed by atoms with E-state index in [2.05, 4.69) is 5.32 Å². The van der Waals surface area contributed by atoms with E-state index in [1.54, 1.807) is 11.8 Å². The molecule has 1 aliphatic heterocycles. The fraction of sp³-hybridized carbons (Fsp3) is 0.375. The molecular formula is C16H20N2O2. The summed E-state index contributed by atoms with van der Waals surface area (Å²) in [6.07, 6.45) is 4.72. The number of carbonyl (C=O) groups is 2. The van der Waals surface area contributed by atoms with Crippen LogP contribution >= 0.6 is 0 Å². The molecule has 0 radical (unpaired) electrons. The molecule has 1 aromatic carbocycles. The van der Waals surface area contributed by atoms with Crippen LogP contribution in [0.2, 0.25) is 0 Å². The third kappa shape index (κ3) is 2.90. The molecule has 20 heavy (non-hydrogen) atoms. The summed E-state index contributed by atoms with van der Waals surface area (Å²) in [6, 6.07) is 8.47. The predicted molar refractivity (Wildman–Crippen MR) is 77.9 cm³/mol. The Bertz CT molecular complexity index is 510. The van der Waals surface area contributed by atoms with Gasteiger partial charge in [-0.15, -0.1) is 0 Å². The van der Waals surface area contributed by atoms with Crippen molar-refractivity contribution < 1.29 is 9.59 Å². The Morgan fingerprint density at radius 1 is 1.25 bits per heavy atom. The Kier molecular flexibility index (Phi) is 4.56. The van der Waals surface area contributed by atoms with Gasteiger partial charge in [0.2, 0.25) is 11.8 Å². The highest BCUT2D eigenvalue weighted by Gasteiger charge is 2.38. The molecule has 1 N–H and O–H groups in total. The minimum atomic E-state index is -0.523. The van der Waals surface area contributed by atoms with Gasteiger partial charge in [-0.1, -0.05) is 42.5 Å². The van der Waals surface area contributed by atoms with E-state index in [0.29, 0.717) is 6.54 Å². The van der Waals surface area contributed by atoms with Crippen LogP contribution in [0, 0.1) is 0 Å². The summed E-state index contributed by atoms with van der Waals surface area (Å²) < 4.78 is 0. The summed E-state index contributed by atoms with van der Waals surface area (Å²) in [4.78, 5) is 26.3. The standard InChI is InChI=1S/C16H20N2O2/c1-3-4-8-11-18-14(13-9-6-5-7-10-13)15(19)17-12(2)16(18)20/h3-7,9-10,12,14H,8,11H2,1-2H3,(H,17,19)/b4-3+. The zero-order valence-corrected chi connectivity index (χ0v) is 11.9. The lowest BCUT2D eigenvalue weighted by atomic mass is 10.00. The molecule has 2 rings (SSSR count). The lowest BCUT2D eigenvalue weighted by Crippen LogP contribution is -2.58. The molecule has 1 aliphatic rings. The smallest absolute Gasteiger partial charge is 0.248 e. The van der Waals surface area contributed by atoms with Crippen molar-refractivity contribution in [1.29, 1.82) is 0 Å². The van der Waals surface area contributed by atoms with Gasteiger partial charge < -0.3 is 10.2 Å². The highest BCUT2D eigenvalue weighted by Crippen LogP contribution is 2.25. The molecule has 0 aromatic heterocycles. The van der Waals surface area contributed by atoms with Crippen LogP contribution in [0.15, 0.2) is 42.5 Å². The normalized spacial score (nSPS) is 23.2. The van der Waals surface area contributed by atoms with Crippen molar-refractivity contribution >= 4 is 11.8 Å². The molecule has 1 saturated heterocycles. The van der Waals surface area contributed by atoms with Crippen molar-refractivity contribution in [1.82, 2.24) is 10.2 Å². The lowest BCUT2D eigenvalue weighted by molar-refractivity contribution is -0.149. The van der Waals surface area contributed by atoms with Gasteiger partial charge in [-0.3, -0.25) is 9.59 Å². The number of hydrogen-bond acceptors (Lipinski definition) is 2. The molecule has 0 spiro atoms. The Balaban J connectivity index is 2.28. The lowest BCUT2D eigenvalue weighted by Gasteiger charge is -2.38. The van der Waals surface area contributed by atoms with E-state index in [-0.39, 0.29) is 11.8 Å². The van der Waals surface area contributed by atoms with Gasteiger partial charge in [0.1, 0.15) is 12.1 Å². The zero-order valence-electron chi connectivity index (χ0n) is 11.9. The number of amides is 2. The average molecular weight is 272 g/mol. The first kappa shape index (κ1) is 14.3. The molecule has 106 valence electrons. The van der Waals surface area contributed by atoms with E-state index >= 15 is 0 Å². The second-order valence-corrected chi connectivity index (χ2v) is 4.93. The topological polar surface area (TPSA) is 49.4 Å². The molecular weight excluding hydrogens is 252 g/mol. The Morgan fingerprint density at radius 3 is 2.60 bits per heavy atom. The first-order valence-corrected chi connectivity index (χ1v) is 6.92. The van der Waals surface area contributed by atoms with Crippen molar-refractivity contribution in [2.45, 2.75) is 32.4 Å². The number of carbonyl (C=O) groups excluding carboxylic acids is 2. The van der Waals surface area contributed by atoms with Crippen LogP contribution in [-0.4, -0.2) is 29.3 Å². The molecule has 2 amide bonds. The fourth-order valence-corrected chi connectivity index (χ4v) is 2.46. The van der Waals surface area contributed by atoms with E-state index in [1.807, 2.05) is 49.4 Å². The molecule has 2 unspecified atom stereocenters.